The van der Waals surface area contributed by atoms with Gasteiger partial charge in [0.2, 0.25) is 5.91 Å². The number of aromatic nitrogens is 2. The van der Waals surface area contributed by atoms with Gasteiger partial charge in [-0.3, -0.25) is 9.89 Å². The maximum atomic E-state index is 12.9. The predicted octanol–water partition coefficient (Wildman–Crippen LogP) is 4.30. The third-order valence-electron chi connectivity index (χ3n) is 7.55. The molecule has 0 unspecified atom stereocenters. The number of ether oxygens (including phenoxy) is 3. The van der Waals surface area contributed by atoms with Crippen molar-refractivity contribution in [2.24, 2.45) is 11.8 Å². The molecule has 4 heterocycles. The molecule has 3 aliphatic heterocycles. The predicted molar refractivity (Wildman–Crippen MR) is 124 cm³/mol. The molecule has 2 aromatic rings. The standard InChI is InChI=1S/C26H35N3O4/c1-4-31-22-9-6-8-19-24-20(26(2,3)33-25(19)22)13-18-16-29(12-11-21(18)32-24)23(30)10-5-7-17-14-27-28-15-17/h6,8-9,14-15,18,20-21,24H,4-5,7,10-13,16H2,1-3H3,(H,27,28)/t18-,20-,21-,24+/m1/s1. The molecule has 1 N–H and O–H groups in total. The molecule has 33 heavy (non-hydrogen) atoms. The Balaban J connectivity index is 1.26. The normalized spacial score (nSPS) is 27.7. The molecule has 7 nitrogen and oxygen atoms in total. The summed E-state index contributed by atoms with van der Waals surface area (Å²) in [5.74, 6) is 2.46. The smallest absolute Gasteiger partial charge is 0.222 e. The molecular formula is C26H35N3O4. The molecule has 5 rings (SSSR count). The monoisotopic (exact) mass is 453 g/mol. The molecule has 1 aromatic heterocycles. The van der Waals surface area contributed by atoms with Crippen molar-refractivity contribution in [3.63, 3.8) is 0 Å². The van der Waals surface area contributed by atoms with E-state index in [1.54, 1.807) is 0 Å². The SMILES string of the molecule is CCOc1cccc2c1OC(C)(C)[C@@H]1C[C@@H]3CN(C(=O)CCCc4cn[nH]c4)CC[C@H]3O[C@@H]21. The van der Waals surface area contributed by atoms with Gasteiger partial charge in [0.15, 0.2) is 11.5 Å². The van der Waals surface area contributed by atoms with Crippen molar-refractivity contribution in [3.8, 4) is 11.5 Å². The summed E-state index contributed by atoms with van der Waals surface area (Å²) in [5, 5.41) is 6.81. The zero-order valence-electron chi connectivity index (χ0n) is 19.9. The molecule has 0 saturated carbocycles. The van der Waals surface area contributed by atoms with E-state index in [9.17, 15) is 4.79 Å². The first-order chi connectivity index (χ1) is 16.0. The third-order valence-corrected chi connectivity index (χ3v) is 7.55. The Labute approximate surface area is 195 Å². The van der Waals surface area contributed by atoms with E-state index in [0.29, 0.717) is 18.9 Å². The van der Waals surface area contributed by atoms with Crippen LogP contribution in [0.15, 0.2) is 30.6 Å². The molecule has 0 spiro atoms. The van der Waals surface area contributed by atoms with Gasteiger partial charge in [0.25, 0.3) is 0 Å². The highest BCUT2D eigenvalue weighted by Crippen LogP contribution is 2.55. The Kier molecular flexibility index (Phi) is 6.08. The summed E-state index contributed by atoms with van der Waals surface area (Å²) in [5.41, 5.74) is 1.88. The molecule has 3 aliphatic rings. The van der Waals surface area contributed by atoms with Crippen LogP contribution in [0.4, 0.5) is 0 Å². The number of rotatable bonds is 6. The number of likely N-dealkylation sites (tertiary alicyclic amines) is 1. The summed E-state index contributed by atoms with van der Waals surface area (Å²) in [6.07, 6.45) is 8.11. The largest absolute Gasteiger partial charge is 0.490 e. The van der Waals surface area contributed by atoms with Crippen LogP contribution in [-0.2, 0) is 16.0 Å². The van der Waals surface area contributed by atoms with Crippen LogP contribution in [0, 0.1) is 11.8 Å². The Morgan fingerprint density at radius 2 is 2.24 bits per heavy atom. The number of aromatic amines is 1. The first-order valence-corrected chi connectivity index (χ1v) is 12.3. The van der Waals surface area contributed by atoms with Gasteiger partial charge >= 0.3 is 0 Å². The molecule has 2 fully saturated rings. The molecule has 2 saturated heterocycles. The highest BCUT2D eigenvalue weighted by molar-refractivity contribution is 5.76. The average Bonchev–Trinajstić information content (AvgIpc) is 3.32. The second-order valence-corrected chi connectivity index (χ2v) is 10.1. The number of carbonyl (C=O) groups excluding carboxylic acids is 1. The van der Waals surface area contributed by atoms with Gasteiger partial charge in [-0.05, 0) is 58.1 Å². The fourth-order valence-corrected chi connectivity index (χ4v) is 5.80. The molecule has 178 valence electrons. The minimum Gasteiger partial charge on any atom is -0.490 e. The van der Waals surface area contributed by atoms with E-state index in [-0.39, 0.29) is 29.6 Å². The number of benzene rings is 1. The number of nitrogens with one attached hydrogen (secondary N) is 1. The van der Waals surface area contributed by atoms with Crippen LogP contribution < -0.4 is 9.47 Å². The number of hydrogen-bond donors (Lipinski definition) is 1. The van der Waals surface area contributed by atoms with E-state index in [1.807, 2.05) is 31.5 Å². The fourth-order valence-electron chi connectivity index (χ4n) is 5.80. The van der Waals surface area contributed by atoms with Gasteiger partial charge in [-0.25, -0.2) is 0 Å². The van der Waals surface area contributed by atoms with Crippen molar-refractivity contribution >= 4 is 5.91 Å². The van der Waals surface area contributed by atoms with Crippen molar-refractivity contribution in [1.29, 1.82) is 0 Å². The van der Waals surface area contributed by atoms with Gasteiger partial charge in [0.1, 0.15) is 5.60 Å². The highest BCUT2D eigenvalue weighted by Gasteiger charge is 2.52. The molecule has 0 aliphatic carbocycles. The van der Waals surface area contributed by atoms with Crippen LogP contribution in [0.2, 0.25) is 0 Å². The van der Waals surface area contributed by atoms with Gasteiger partial charge < -0.3 is 19.1 Å². The van der Waals surface area contributed by atoms with Gasteiger partial charge in [-0.15, -0.1) is 0 Å². The van der Waals surface area contributed by atoms with E-state index >= 15 is 0 Å². The van der Waals surface area contributed by atoms with Crippen molar-refractivity contribution < 1.29 is 19.0 Å². The number of amides is 1. The van der Waals surface area contributed by atoms with Gasteiger partial charge in [-0.1, -0.05) is 12.1 Å². The first kappa shape index (κ1) is 22.3. The van der Waals surface area contributed by atoms with E-state index in [4.69, 9.17) is 14.2 Å². The topological polar surface area (TPSA) is 76.7 Å². The van der Waals surface area contributed by atoms with Crippen molar-refractivity contribution in [3.05, 3.63) is 41.7 Å². The molecule has 0 bridgehead atoms. The Hall–Kier alpha value is -2.54. The average molecular weight is 454 g/mol. The van der Waals surface area contributed by atoms with Crippen LogP contribution in [0.3, 0.4) is 0 Å². The van der Waals surface area contributed by atoms with Crippen LogP contribution >= 0.6 is 0 Å². The van der Waals surface area contributed by atoms with Crippen LogP contribution in [-0.4, -0.2) is 52.4 Å². The zero-order valence-corrected chi connectivity index (χ0v) is 19.9. The van der Waals surface area contributed by atoms with Crippen LogP contribution in [0.5, 0.6) is 11.5 Å². The summed E-state index contributed by atoms with van der Waals surface area (Å²) < 4.78 is 19.1. The van der Waals surface area contributed by atoms with Crippen molar-refractivity contribution in [2.45, 2.75) is 70.7 Å². The summed E-state index contributed by atoms with van der Waals surface area (Å²) in [7, 11) is 0. The number of aryl methyl sites for hydroxylation is 1. The number of piperidine rings is 1. The van der Waals surface area contributed by atoms with Gasteiger partial charge in [0.05, 0.1) is 25.0 Å². The zero-order chi connectivity index (χ0) is 23.0. The number of hydrogen-bond acceptors (Lipinski definition) is 5. The Morgan fingerprint density at radius 1 is 1.36 bits per heavy atom. The third kappa shape index (κ3) is 4.35. The van der Waals surface area contributed by atoms with E-state index in [1.165, 1.54) is 0 Å². The second kappa shape index (κ2) is 9.01. The lowest BCUT2D eigenvalue weighted by Crippen LogP contribution is -2.56. The lowest BCUT2D eigenvalue weighted by atomic mass is 9.70. The molecule has 7 heteroatoms. The highest BCUT2D eigenvalue weighted by atomic mass is 16.5. The Morgan fingerprint density at radius 3 is 3.03 bits per heavy atom. The maximum Gasteiger partial charge on any atom is 0.222 e. The first-order valence-electron chi connectivity index (χ1n) is 12.3. The summed E-state index contributed by atoms with van der Waals surface area (Å²) in [6.45, 7) is 8.45. The number of para-hydroxylation sites is 1. The van der Waals surface area contributed by atoms with E-state index in [2.05, 4.69) is 35.0 Å². The summed E-state index contributed by atoms with van der Waals surface area (Å²) in [4.78, 5) is 15.0. The lowest BCUT2D eigenvalue weighted by molar-refractivity contribution is -0.189. The number of nitrogens with zero attached hydrogens (tertiary/aromatic N) is 2. The van der Waals surface area contributed by atoms with Gasteiger partial charge in [0, 0.05) is 43.1 Å². The van der Waals surface area contributed by atoms with Gasteiger partial charge in [-0.2, -0.15) is 5.10 Å². The number of H-pyrrole nitrogens is 1. The van der Waals surface area contributed by atoms with Crippen LogP contribution in [0.1, 0.15) is 63.7 Å². The fraction of sp³-hybridized carbons (Fsp3) is 0.615. The number of carbonyl (C=O) groups is 1. The van der Waals surface area contributed by atoms with Crippen LogP contribution in [0.25, 0.3) is 0 Å². The maximum absolute atomic E-state index is 12.9. The lowest BCUT2D eigenvalue weighted by Gasteiger charge is -2.53. The minimum atomic E-state index is -0.368. The quantitative estimate of drug-likeness (QED) is 0.706. The molecule has 0 radical (unpaired) electrons. The summed E-state index contributed by atoms with van der Waals surface area (Å²) in [6, 6.07) is 6.12. The molecule has 4 atom stereocenters. The molecular weight excluding hydrogens is 418 g/mol. The summed E-state index contributed by atoms with van der Waals surface area (Å²) >= 11 is 0. The Bertz CT molecular complexity index is 974. The number of fused-ring (bicyclic) bond motifs is 4. The molecule has 1 aromatic carbocycles. The van der Waals surface area contributed by atoms with E-state index in [0.717, 1.165) is 61.4 Å². The molecule has 1 amide bonds. The van der Waals surface area contributed by atoms with Crippen molar-refractivity contribution in [2.75, 3.05) is 19.7 Å². The second-order valence-electron chi connectivity index (χ2n) is 10.1. The minimum absolute atomic E-state index is 0.00242. The van der Waals surface area contributed by atoms with E-state index < -0.39 is 0 Å². The van der Waals surface area contributed by atoms with Crippen molar-refractivity contribution in [1.82, 2.24) is 15.1 Å².